The van der Waals surface area contributed by atoms with Gasteiger partial charge in [0.15, 0.2) is 0 Å². The highest BCUT2D eigenvalue weighted by Crippen LogP contribution is 2.30. The molecule has 0 bridgehead atoms. The summed E-state index contributed by atoms with van der Waals surface area (Å²) in [6, 6.07) is 0. The lowest BCUT2D eigenvalue weighted by Gasteiger charge is -2.27. The van der Waals surface area contributed by atoms with E-state index in [0.29, 0.717) is 6.10 Å². The van der Waals surface area contributed by atoms with E-state index in [0.717, 1.165) is 5.92 Å². The van der Waals surface area contributed by atoms with Gasteiger partial charge in [-0.2, -0.15) is 0 Å². The quantitative estimate of drug-likeness (QED) is 0.567. The molecule has 1 fully saturated rings. The Morgan fingerprint density at radius 3 is 2.18 bits per heavy atom. The van der Waals surface area contributed by atoms with Gasteiger partial charge < -0.3 is 4.74 Å². The number of hydrogen-bond acceptors (Lipinski definition) is 1. The molecule has 66 valence electrons. The zero-order chi connectivity index (χ0) is 8.48. The molecule has 2 atom stereocenters. The lowest BCUT2D eigenvalue weighted by molar-refractivity contribution is -0.0721. The minimum Gasteiger partial charge on any atom is -0.372 e. The molecule has 0 unspecified atom stereocenters. The van der Waals surface area contributed by atoms with Gasteiger partial charge in [0, 0.05) is 0 Å². The molecule has 0 spiro atoms. The summed E-state index contributed by atoms with van der Waals surface area (Å²) in [5.41, 5.74) is 0.0449. The molecule has 0 amide bonds. The standard InChI is InChI=1S/C10H20O/c1-8-6-5-7-9(8)11-10(2,3)4/h8-9H,5-7H2,1-4H3/t8-,9-/m0/s1. The molecular formula is C10H20O. The highest BCUT2D eigenvalue weighted by atomic mass is 16.5. The number of ether oxygens (including phenoxy) is 1. The normalized spacial score (nSPS) is 32.7. The van der Waals surface area contributed by atoms with Crippen molar-refractivity contribution in [3.05, 3.63) is 0 Å². The Kier molecular flexibility index (Phi) is 2.58. The van der Waals surface area contributed by atoms with Crippen LogP contribution in [0.15, 0.2) is 0 Å². The van der Waals surface area contributed by atoms with Crippen molar-refractivity contribution in [1.29, 1.82) is 0 Å². The van der Waals surface area contributed by atoms with E-state index >= 15 is 0 Å². The maximum atomic E-state index is 5.91. The van der Waals surface area contributed by atoms with E-state index in [1.165, 1.54) is 19.3 Å². The Labute approximate surface area is 70.1 Å². The average molecular weight is 156 g/mol. The Morgan fingerprint density at radius 2 is 1.82 bits per heavy atom. The van der Waals surface area contributed by atoms with Crippen LogP contribution in [-0.4, -0.2) is 11.7 Å². The first-order chi connectivity index (χ1) is 4.99. The fourth-order valence-corrected chi connectivity index (χ4v) is 1.74. The molecule has 1 saturated carbocycles. The molecule has 1 aliphatic rings. The van der Waals surface area contributed by atoms with Crippen LogP contribution in [0.4, 0.5) is 0 Å². The van der Waals surface area contributed by atoms with Crippen molar-refractivity contribution in [3.8, 4) is 0 Å². The molecular weight excluding hydrogens is 136 g/mol. The molecule has 1 rings (SSSR count). The number of rotatable bonds is 1. The third kappa shape index (κ3) is 2.82. The summed E-state index contributed by atoms with van der Waals surface area (Å²) < 4.78 is 5.91. The first kappa shape index (κ1) is 9.05. The largest absolute Gasteiger partial charge is 0.372 e. The zero-order valence-electron chi connectivity index (χ0n) is 8.18. The molecule has 1 aliphatic carbocycles. The Bertz CT molecular complexity index is 123. The number of hydrogen-bond donors (Lipinski definition) is 0. The molecule has 1 heteroatoms. The van der Waals surface area contributed by atoms with Crippen molar-refractivity contribution in [2.24, 2.45) is 5.92 Å². The summed E-state index contributed by atoms with van der Waals surface area (Å²) >= 11 is 0. The van der Waals surface area contributed by atoms with E-state index in [4.69, 9.17) is 4.74 Å². The van der Waals surface area contributed by atoms with E-state index in [9.17, 15) is 0 Å². The third-order valence-electron chi connectivity index (χ3n) is 2.29. The van der Waals surface area contributed by atoms with Gasteiger partial charge in [0.2, 0.25) is 0 Å². The second-order valence-corrected chi connectivity index (χ2v) is 4.68. The van der Waals surface area contributed by atoms with Crippen molar-refractivity contribution in [2.45, 2.75) is 58.7 Å². The predicted molar refractivity (Wildman–Crippen MR) is 47.6 cm³/mol. The van der Waals surface area contributed by atoms with Crippen LogP contribution in [0.2, 0.25) is 0 Å². The van der Waals surface area contributed by atoms with E-state index in [2.05, 4.69) is 27.7 Å². The van der Waals surface area contributed by atoms with Gasteiger partial charge in [0.1, 0.15) is 0 Å². The van der Waals surface area contributed by atoms with Crippen molar-refractivity contribution < 1.29 is 4.74 Å². The molecule has 0 heterocycles. The van der Waals surface area contributed by atoms with Crippen LogP contribution in [0.1, 0.15) is 47.0 Å². The first-order valence-electron chi connectivity index (χ1n) is 4.67. The Morgan fingerprint density at radius 1 is 1.18 bits per heavy atom. The minimum absolute atomic E-state index is 0.0449. The lowest BCUT2D eigenvalue weighted by Crippen LogP contribution is -2.28. The first-order valence-corrected chi connectivity index (χ1v) is 4.67. The van der Waals surface area contributed by atoms with Crippen LogP contribution in [0.25, 0.3) is 0 Å². The van der Waals surface area contributed by atoms with Gasteiger partial charge >= 0.3 is 0 Å². The van der Waals surface area contributed by atoms with Crippen molar-refractivity contribution in [1.82, 2.24) is 0 Å². The molecule has 11 heavy (non-hydrogen) atoms. The maximum absolute atomic E-state index is 5.91. The van der Waals surface area contributed by atoms with Crippen LogP contribution in [0.5, 0.6) is 0 Å². The van der Waals surface area contributed by atoms with Crippen LogP contribution in [-0.2, 0) is 4.74 Å². The molecule has 0 aliphatic heterocycles. The van der Waals surface area contributed by atoms with E-state index in [-0.39, 0.29) is 5.60 Å². The van der Waals surface area contributed by atoms with Crippen molar-refractivity contribution in [2.75, 3.05) is 0 Å². The summed E-state index contributed by atoms with van der Waals surface area (Å²) in [4.78, 5) is 0. The summed E-state index contributed by atoms with van der Waals surface area (Å²) in [6.07, 6.45) is 4.48. The van der Waals surface area contributed by atoms with Crippen LogP contribution < -0.4 is 0 Å². The van der Waals surface area contributed by atoms with E-state index in [1.54, 1.807) is 0 Å². The molecule has 0 aromatic rings. The van der Waals surface area contributed by atoms with Crippen LogP contribution >= 0.6 is 0 Å². The van der Waals surface area contributed by atoms with Crippen LogP contribution in [0, 0.1) is 5.92 Å². The molecule has 0 aromatic heterocycles. The fourth-order valence-electron chi connectivity index (χ4n) is 1.74. The van der Waals surface area contributed by atoms with Crippen molar-refractivity contribution in [3.63, 3.8) is 0 Å². The van der Waals surface area contributed by atoms with Crippen molar-refractivity contribution >= 4 is 0 Å². The minimum atomic E-state index is 0.0449. The SMILES string of the molecule is C[C@H]1CCC[C@@H]1OC(C)(C)C. The summed E-state index contributed by atoms with van der Waals surface area (Å²) in [5, 5.41) is 0. The molecule has 0 saturated heterocycles. The zero-order valence-corrected chi connectivity index (χ0v) is 8.18. The third-order valence-corrected chi connectivity index (χ3v) is 2.29. The van der Waals surface area contributed by atoms with E-state index in [1.807, 2.05) is 0 Å². The molecule has 1 nitrogen and oxygen atoms in total. The average Bonchev–Trinajstić information content (AvgIpc) is 2.12. The topological polar surface area (TPSA) is 9.23 Å². The van der Waals surface area contributed by atoms with Gasteiger partial charge in [0.25, 0.3) is 0 Å². The second-order valence-electron chi connectivity index (χ2n) is 4.68. The second kappa shape index (κ2) is 3.14. The Balaban J connectivity index is 2.37. The smallest absolute Gasteiger partial charge is 0.0607 e. The highest BCUT2D eigenvalue weighted by Gasteiger charge is 2.27. The summed E-state index contributed by atoms with van der Waals surface area (Å²) in [7, 11) is 0. The molecule has 0 radical (unpaired) electrons. The van der Waals surface area contributed by atoms with Gasteiger partial charge in [-0.3, -0.25) is 0 Å². The highest BCUT2D eigenvalue weighted by molar-refractivity contribution is 4.77. The summed E-state index contributed by atoms with van der Waals surface area (Å²) in [5.74, 6) is 0.772. The maximum Gasteiger partial charge on any atom is 0.0607 e. The van der Waals surface area contributed by atoms with Crippen LogP contribution in [0.3, 0.4) is 0 Å². The van der Waals surface area contributed by atoms with Gasteiger partial charge in [-0.25, -0.2) is 0 Å². The fraction of sp³-hybridized carbons (Fsp3) is 1.00. The molecule has 0 N–H and O–H groups in total. The van der Waals surface area contributed by atoms with Gasteiger partial charge in [-0.15, -0.1) is 0 Å². The van der Waals surface area contributed by atoms with E-state index < -0.39 is 0 Å². The Hall–Kier alpha value is -0.0400. The summed E-state index contributed by atoms with van der Waals surface area (Å²) in [6.45, 7) is 8.71. The monoisotopic (exact) mass is 156 g/mol. The van der Waals surface area contributed by atoms with Gasteiger partial charge in [0.05, 0.1) is 11.7 Å². The lowest BCUT2D eigenvalue weighted by atomic mass is 10.1. The van der Waals surface area contributed by atoms with Gasteiger partial charge in [-0.1, -0.05) is 13.3 Å². The predicted octanol–water partition coefficient (Wildman–Crippen LogP) is 2.99. The molecule has 0 aromatic carbocycles. The van der Waals surface area contributed by atoms with Gasteiger partial charge in [-0.05, 0) is 39.5 Å².